The van der Waals surface area contributed by atoms with Crippen LogP contribution in [0.2, 0.25) is 0 Å². The third-order valence-electron chi connectivity index (χ3n) is 3.44. The second kappa shape index (κ2) is 5.50. The first-order chi connectivity index (χ1) is 8.71. The number of hydrogen-bond donors (Lipinski definition) is 0. The molecule has 0 aromatic heterocycles. The molecule has 2 rings (SSSR count). The molecule has 4 nitrogen and oxygen atoms in total. The zero-order valence-electron chi connectivity index (χ0n) is 10.9. The van der Waals surface area contributed by atoms with Gasteiger partial charge in [-0.2, -0.15) is 0 Å². The number of ether oxygens (including phenoxy) is 3. The van der Waals surface area contributed by atoms with Crippen molar-refractivity contribution >= 4 is 5.78 Å². The fourth-order valence-corrected chi connectivity index (χ4v) is 2.46. The van der Waals surface area contributed by atoms with Gasteiger partial charge in [0, 0.05) is 19.8 Å². The van der Waals surface area contributed by atoms with Gasteiger partial charge in [-0.15, -0.1) is 0 Å². The molecule has 1 aromatic rings. The van der Waals surface area contributed by atoms with E-state index in [1.54, 1.807) is 27.4 Å². The molecule has 98 valence electrons. The lowest BCUT2D eigenvalue weighted by atomic mass is 9.82. The largest absolute Gasteiger partial charge is 0.497 e. The Morgan fingerprint density at radius 1 is 1.22 bits per heavy atom. The van der Waals surface area contributed by atoms with Gasteiger partial charge in [0.15, 0.2) is 12.1 Å². The summed E-state index contributed by atoms with van der Waals surface area (Å²) >= 11 is 0. The van der Waals surface area contributed by atoms with Crippen molar-refractivity contribution in [1.29, 1.82) is 0 Å². The second-order valence-corrected chi connectivity index (χ2v) is 4.37. The van der Waals surface area contributed by atoms with Gasteiger partial charge in [0.05, 0.1) is 13.0 Å². The van der Waals surface area contributed by atoms with Gasteiger partial charge in [0.25, 0.3) is 0 Å². The summed E-state index contributed by atoms with van der Waals surface area (Å²) in [6.07, 6.45) is 1.14. The molecule has 18 heavy (non-hydrogen) atoms. The maximum absolute atomic E-state index is 12.4. The maximum Gasteiger partial charge on any atom is 0.171 e. The Balaban J connectivity index is 2.31. The standard InChI is InChI=1S/C14H18O4/c1-16-10-6-4-9-5-7-11(14(17-2)18-3)13(15)12(9)8-10/h4,6,8,11,14H,5,7H2,1-3H3. The molecule has 4 heteroatoms. The Labute approximate surface area is 107 Å². The van der Waals surface area contributed by atoms with E-state index < -0.39 is 6.29 Å². The van der Waals surface area contributed by atoms with Gasteiger partial charge < -0.3 is 14.2 Å². The van der Waals surface area contributed by atoms with Gasteiger partial charge in [0.1, 0.15) is 5.75 Å². The van der Waals surface area contributed by atoms with Gasteiger partial charge in [-0.05, 0) is 30.5 Å². The molecular formula is C14H18O4. The summed E-state index contributed by atoms with van der Waals surface area (Å²) < 4.78 is 15.6. The van der Waals surface area contributed by atoms with Crippen LogP contribution in [-0.2, 0) is 15.9 Å². The summed E-state index contributed by atoms with van der Waals surface area (Å²) in [5.41, 5.74) is 1.80. The Bertz CT molecular complexity index is 437. The van der Waals surface area contributed by atoms with Crippen molar-refractivity contribution in [3.05, 3.63) is 29.3 Å². The molecule has 1 unspecified atom stereocenters. The van der Waals surface area contributed by atoms with Crippen molar-refractivity contribution in [2.24, 2.45) is 5.92 Å². The molecule has 1 aliphatic rings. The number of aryl methyl sites for hydroxylation is 1. The normalized spacial score (nSPS) is 18.9. The van der Waals surface area contributed by atoms with E-state index >= 15 is 0 Å². The molecule has 1 aromatic carbocycles. The average Bonchev–Trinajstić information content (AvgIpc) is 2.42. The molecule has 0 aliphatic heterocycles. The number of carbonyl (C=O) groups is 1. The smallest absolute Gasteiger partial charge is 0.171 e. The first-order valence-electron chi connectivity index (χ1n) is 5.98. The molecule has 0 bridgehead atoms. The summed E-state index contributed by atoms with van der Waals surface area (Å²) in [7, 11) is 4.71. The van der Waals surface area contributed by atoms with Gasteiger partial charge in [-0.1, -0.05) is 6.07 Å². The van der Waals surface area contributed by atoms with E-state index in [-0.39, 0.29) is 11.7 Å². The minimum atomic E-state index is -0.475. The topological polar surface area (TPSA) is 44.8 Å². The van der Waals surface area contributed by atoms with E-state index in [1.165, 1.54) is 0 Å². The summed E-state index contributed by atoms with van der Waals surface area (Å²) in [6, 6.07) is 5.64. The van der Waals surface area contributed by atoms with E-state index in [2.05, 4.69) is 0 Å². The molecule has 0 N–H and O–H groups in total. The third kappa shape index (κ3) is 2.26. The number of methoxy groups -OCH3 is 3. The summed E-state index contributed by atoms with van der Waals surface area (Å²) in [4.78, 5) is 12.4. The molecule has 0 saturated carbocycles. The molecular weight excluding hydrogens is 232 g/mol. The SMILES string of the molecule is COc1ccc2c(c1)C(=O)C(C(OC)OC)CC2. The number of ketones is 1. The number of benzene rings is 1. The fourth-order valence-electron chi connectivity index (χ4n) is 2.46. The Morgan fingerprint density at radius 2 is 1.94 bits per heavy atom. The van der Waals surface area contributed by atoms with Crippen LogP contribution in [0.15, 0.2) is 18.2 Å². The minimum absolute atomic E-state index is 0.0730. The van der Waals surface area contributed by atoms with E-state index in [9.17, 15) is 4.79 Å². The third-order valence-corrected chi connectivity index (χ3v) is 3.44. The van der Waals surface area contributed by atoms with Crippen molar-refractivity contribution in [2.45, 2.75) is 19.1 Å². The van der Waals surface area contributed by atoms with Crippen LogP contribution in [0.1, 0.15) is 22.3 Å². The first kappa shape index (κ1) is 13.1. The zero-order valence-corrected chi connectivity index (χ0v) is 10.9. The lowest BCUT2D eigenvalue weighted by Crippen LogP contribution is -2.35. The highest BCUT2D eigenvalue weighted by atomic mass is 16.7. The van der Waals surface area contributed by atoms with Crippen LogP contribution in [0.4, 0.5) is 0 Å². The minimum Gasteiger partial charge on any atom is -0.497 e. The number of rotatable bonds is 4. The quantitative estimate of drug-likeness (QED) is 0.767. The molecule has 0 amide bonds. The number of Topliss-reactive ketones (excluding diaryl/α,β-unsaturated/α-hetero) is 1. The monoisotopic (exact) mass is 250 g/mol. The van der Waals surface area contributed by atoms with Crippen LogP contribution < -0.4 is 4.74 Å². The van der Waals surface area contributed by atoms with Crippen molar-refractivity contribution in [1.82, 2.24) is 0 Å². The molecule has 0 heterocycles. The van der Waals surface area contributed by atoms with Crippen LogP contribution >= 0.6 is 0 Å². The molecule has 1 atom stereocenters. The van der Waals surface area contributed by atoms with E-state index in [0.717, 1.165) is 24.0 Å². The van der Waals surface area contributed by atoms with Crippen LogP contribution in [0, 0.1) is 5.92 Å². The average molecular weight is 250 g/mol. The highest BCUT2D eigenvalue weighted by Crippen LogP contribution is 2.31. The molecule has 0 spiro atoms. The summed E-state index contributed by atoms with van der Waals surface area (Å²) in [5.74, 6) is 0.539. The van der Waals surface area contributed by atoms with Gasteiger partial charge in [0.2, 0.25) is 0 Å². The molecule has 0 saturated heterocycles. The Kier molecular flexibility index (Phi) is 3.99. The van der Waals surface area contributed by atoms with Crippen molar-refractivity contribution in [3.63, 3.8) is 0 Å². The van der Waals surface area contributed by atoms with Crippen LogP contribution in [-0.4, -0.2) is 33.4 Å². The predicted molar refractivity (Wildman–Crippen MR) is 66.9 cm³/mol. The Morgan fingerprint density at radius 3 is 2.56 bits per heavy atom. The predicted octanol–water partition coefficient (Wildman–Crippen LogP) is 2.06. The van der Waals surface area contributed by atoms with Crippen molar-refractivity contribution in [2.75, 3.05) is 21.3 Å². The van der Waals surface area contributed by atoms with Crippen molar-refractivity contribution < 1.29 is 19.0 Å². The first-order valence-corrected chi connectivity index (χ1v) is 5.98. The number of fused-ring (bicyclic) bond motifs is 1. The zero-order chi connectivity index (χ0) is 13.1. The van der Waals surface area contributed by atoms with E-state index in [0.29, 0.717) is 5.75 Å². The highest BCUT2D eigenvalue weighted by Gasteiger charge is 2.34. The maximum atomic E-state index is 12.4. The van der Waals surface area contributed by atoms with E-state index in [1.807, 2.05) is 12.1 Å². The van der Waals surface area contributed by atoms with Crippen LogP contribution in [0.5, 0.6) is 5.75 Å². The fraction of sp³-hybridized carbons (Fsp3) is 0.500. The van der Waals surface area contributed by atoms with E-state index in [4.69, 9.17) is 14.2 Å². The summed E-state index contributed by atoms with van der Waals surface area (Å²) in [5, 5.41) is 0. The molecule has 0 fully saturated rings. The van der Waals surface area contributed by atoms with Gasteiger partial charge in [-0.3, -0.25) is 4.79 Å². The lowest BCUT2D eigenvalue weighted by molar-refractivity contribution is -0.128. The molecule has 1 aliphatic carbocycles. The van der Waals surface area contributed by atoms with Crippen LogP contribution in [0.25, 0.3) is 0 Å². The molecule has 0 radical (unpaired) electrons. The number of carbonyl (C=O) groups excluding carboxylic acids is 1. The lowest BCUT2D eigenvalue weighted by Gasteiger charge is -2.28. The van der Waals surface area contributed by atoms with Gasteiger partial charge >= 0.3 is 0 Å². The summed E-state index contributed by atoms with van der Waals surface area (Å²) in [6.45, 7) is 0. The highest BCUT2D eigenvalue weighted by molar-refractivity contribution is 6.00. The van der Waals surface area contributed by atoms with Crippen molar-refractivity contribution in [3.8, 4) is 5.75 Å². The number of hydrogen-bond acceptors (Lipinski definition) is 4. The van der Waals surface area contributed by atoms with Gasteiger partial charge in [-0.25, -0.2) is 0 Å². The second-order valence-electron chi connectivity index (χ2n) is 4.37. The Hall–Kier alpha value is -1.39. The van der Waals surface area contributed by atoms with Crippen LogP contribution in [0.3, 0.4) is 0 Å².